The summed E-state index contributed by atoms with van der Waals surface area (Å²) in [6.45, 7) is 0. The van der Waals surface area contributed by atoms with Crippen LogP contribution in [0, 0.1) is 5.82 Å². The van der Waals surface area contributed by atoms with Gasteiger partial charge in [0.15, 0.2) is 5.13 Å². The standard InChI is InChI=1S/C20H11FN2OS/c21-13-7-1-6-12(10-13)19(24)23-20-22-17-14-8-2-4-11-5-3-9-15(16(11)14)18(17)25-20/h1-10H,(H,22,23,24). The van der Waals surface area contributed by atoms with Crippen molar-refractivity contribution in [3.63, 3.8) is 0 Å². The number of nitrogens with zero attached hydrogens (tertiary/aromatic N) is 1. The Morgan fingerprint density at radius 3 is 2.56 bits per heavy atom. The fraction of sp³-hybridized carbons (Fsp3) is 0. The van der Waals surface area contributed by atoms with Crippen LogP contribution in [0.4, 0.5) is 9.52 Å². The third-order valence-electron chi connectivity index (χ3n) is 4.34. The van der Waals surface area contributed by atoms with E-state index in [0.717, 1.165) is 21.7 Å². The summed E-state index contributed by atoms with van der Waals surface area (Å²) >= 11 is 1.44. The third-order valence-corrected chi connectivity index (χ3v) is 5.34. The Morgan fingerprint density at radius 1 is 1.00 bits per heavy atom. The predicted molar refractivity (Wildman–Crippen MR) is 98.4 cm³/mol. The molecule has 0 atom stereocenters. The van der Waals surface area contributed by atoms with E-state index < -0.39 is 5.82 Å². The normalized spacial score (nSPS) is 11.6. The van der Waals surface area contributed by atoms with E-state index in [2.05, 4.69) is 34.6 Å². The van der Waals surface area contributed by atoms with Crippen LogP contribution in [0.15, 0.2) is 60.7 Å². The molecule has 5 heteroatoms. The number of carbonyl (C=O) groups excluding carboxylic acids is 1. The smallest absolute Gasteiger partial charge is 0.257 e. The molecule has 0 saturated heterocycles. The quantitative estimate of drug-likeness (QED) is 0.469. The van der Waals surface area contributed by atoms with Crippen molar-refractivity contribution in [2.75, 3.05) is 5.32 Å². The average Bonchev–Trinajstić information content (AvgIpc) is 3.15. The van der Waals surface area contributed by atoms with Crippen molar-refractivity contribution in [1.29, 1.82) is 0 Å². The molecule has 0 aliphatic heterocycles. The van der Waals surface area contributed by atoms with E-state index in [1.807, 2.05) is 12.1 Å². The number of fused-ring (bicyclic) bond motifs is 3. The van der Waals surface area contributed by atoms with Crippen LogP contribution in [0.3, 0.4) is 0 Å². The number of hydrogen-bond donors (Lipinski definition) is 1. The van der Waals surface area contributed by atoms with Crippen molar-refractivity contribution in [3.8, 4) is 21.7 Å². The summed E-state index contributed by atoms with van der Waals surface area (Å²) in [5.74, 6) is -0.798. The topological polar surface area (TPSA) is 42.0 Å². The summed E-state index contributed by atoms with van der Waals surface area (Å²) in [4.78, 5) is 18.0. The minimum absolute atomic E-state index is 0.276. The Labute approximate surface area is 146 Å². The number of rotatable bonds is 2. The van der Waals surface area contributed by atoms with Gasteiger partial charge in [0.25, 0.3) is 5.91 Å². The summed E-state index contributed by atoms with van der Waals surface area (Å²) in [5, 5.41) is 5.69. The Hall–Kier alpha value is -3.05. The highest BCUT2D eigenvalue weighted by atomic mass is 32.1. The molecule has 25 heavy (non-hydrogen) atoms. The molecule has 0 radical (unpaired) electrons. The fourth-order valence-electron chi connectivity index (χ4n) is 3.27. The van der Waals surface area contributed by atoms with Gasteiger partial charge in [0, 0.05) is 16.7 Å². The van der Waals surface area contributed by atoms with Crippen LogP contribution in [0.5, 0.6) is 0 Å². The van der Waals surface area contributed by atoms with Crippen LogP contribution in [0.1, 0.15) is 10.4 Å². The van der Waals surface area contributed by atoms with Crippen LogP contribution in [-0.4, -0.2) is 10.9 Å². The molecule has 5 rings (SSSR count). The van der Waals surface area contributed by atoms with Gasteiger partial charge in [0.2, 0.25) is 0 Å². The zero-order valence-corrected chi connectivity index (χ0v) is 13.7. The summed E-state index contributed by atoms with van der Waals surface area (Å²) in [5.41, 5.74) is 3.40. The first-order chi connectivity index (χ1) is 12.2. The van der Waals surface area contributed by atoms with Crippen molar-refractivity contribution < 1.29 is 9.18 Å². The second-order valence-electron chi connectivity index (χ2n) is 5.87. The monoisotopic (exact) mass is 346 g/mol. The lowest BCUT2D eigenvalue weighted by atomic mass is 10.0. The SMILES string of the molecule is O=C(Nc1nc2c(s1)-c1cccc3cccc-2c13)c1cccc(F)c1. The van der Waals surface area contributed by atoms with E-state index >= 15 is 0 Å². The van der Waals surface area contributed by atoms with E-state index in [1.165, 1.54) is 40.3 Å². The fourth-order valence-corrected chi connectivity index (χ4v) is 4.27. The van der Waals surface area contributed by atoms with Crippen LogP contribution in [0.25, 0.3) is 32.5 Å². The third kappa shape index (κ3) is 2.16. The maximum Gasteiger partial charge on any atom is 0.257 e. The molecule has 4 aromatic rings. The molecular weight excluding hydrogens is 335 g/mol. The van der Waals surface area contributed by atoms with E-state index in [0.29, 0.717) is 5.13 Å². The second kappa shape index (κ2) is 5.22. The predicted octanol–water partition coefficient (Wildman–Crippen LogP) is 5.34. The van der Waals surface area contributed by atoms with Crippen molar-refractivity contribution in [3.05, 3.63) is 72.0 Å². The molecule has 3 aromatic carbocycles. The van der Waals surface area contributed by atoms with Gasteiger partial charge < -0.3 is 0 Å². The van der Waals surface area contributed by atoms with Gasteiger partial charge in [0.05, 0.1) is 10.6 Å². The van der Waals surface area contributed by atoms with Crippen LogP contribution in [-0.2, 0) is 0 Å². The summed E-state index contributed by atoms with van der Waals surface area (Å²) in [6, 6.07) is 18.0. The molecule has 0 saturated carbocycles. The lowest BCUT2D eigenvalue weighted by Gasteiger charge is -2.03. The molecule has 1 aliphatic rings. The number of carbonyl (C=O) groups is 1. The van der Waals surface area contributed by atoms with Gasteiger partial charge in [-0.25, -0.2) is 9.37 Å². The molecule has 1 amide bonds. The molecule has 0 unspecified atom stereocenters. The lowest BCUT2D eigenvalue weighted by Crippen LogP contribution is -2.11. The van der Waals surface area contributed by atoms with Gasteiger partial charge in [-0.3, -0.25) is 10.1 Å². The average molecular weight is 346 g/mol. The molecule has 120 valence electrons. The van der Waals surface area contributed by atoms with Crippen molar-refractivity contribution in [1.82, 2.24) is 4.98 Å². The maximum atomic E-state index is 13.3. The van der Waals surface area contributed by atoms with E-state index in [-0.39, 0.29) is 11.5 Å². The number of aromatic nitrogens is 1. The molecule has 0 fully saturated rings. The lowest BCUT2D eigenvalue weighted by molar-refractivity contribution is 0.102. The number of thiazole rings is 1. The molecule has 1 heterocycles. The van der Waals surface area contributed by atoms with Gasteiger partial charge in [-0.15, -0.1) is 0 Å². The molecule has 0 bridgehead atoms. The van der Waals surface area contributed by atoms with E-state index in [1.54, 1.807) is 6.07 Å². The van der Waals surface area contributed by atoms with Gasteiger partial charge in [-0.2, -0.15) is 0 Å². The number of amides is 1. The Balaban J connectivity index is 1.54. The van der Waals surface area contributed by atoms with Crippen LogP contribution >= 0.6 is 11.3 Å². The Morgan fingerprint density at radius 2 is 1.76 bits per heavy atom. The molecule has 1 aromatic heterocycles. The first-order valence-electron chi connectivity index (χ1n) is 7.81. The summed E-state index contributed by atoms with van der Waals surface area (Å²) in [6.07, 6.45) is 0. The first-order valence-corrected chi connectivity index (χ1v) is 8.62. The number of halogens is 1. The minimum atomic E-state index is -0.435. The van der Waals surface area contributed by atoms with Crippen molar-refractivity contribution >= 4 is 33.1 Å². The zero-order chi connectivity index (χ0) is 17.0. The van der Waals surface area contributed by atoms with Crippen LogP contribution < -0.4 is 5.32 Å². The largest absolute Gasteiger partial charge is 0.298 e. The number of hydrogen-bond acceptors (Lipinski definition) is 3. The number of benzene rings is 3. The second-order valence-corrected chi connectivity index (χ2v) is 6.87. The molecule has 0 spiro atoms. The van der Waals surface area contributed by atoms with Gasteiger partial charge in [0.1, 0.15) is 5.82 Å². The molecule has 1 aliphatic carbocycles. The maximum absolute atomic E-state index is 13.3. The minimum Gasteiger partial charge on any atom is -0.298 e. The van der Waals surface area contributed by atoms with E-state index in [9.17, 15) is 9.18 Å². The van der Waals surface area contributed by atoms with Gasteiger partial charge in [-0.05, 0) is 29.0 Å². The highest BCUT2D eigenvalue weighted by Gasteiger charge is 2.26. The number of nitrogens with one attached hydrogen (secondary N) is 1. The van der Waals surface area contributed by atoms with Crippen molar-refractivity contribution in [2.24, 2.45) is 0 Å². The number of anilines is 1. The Bertz CT molecular complexity index is 1110. The van der Waals surface area contributed by atoms with Crippen LogP contribution in [0.2, 0.25) is 0 Å². The highest BCUT2D eigenvalue weighted by molar-refractivity contribution is 7.20. The molecule has 3 nitrogen and oxygen atoms in total. The van der Waals surface area contributed by atoms with Gasteiger partial charge in [-0.1, -0.05) is 53.8 Å². The Kier molecular flexibility index (Phi) is 2.99. The summed E-state index contributed by atoms with van der Waals surface area (Å²) < 4.78 is 13.3. The first kappa shape index (κ1) is 14.3. The molecular formula is C20H11FN2OS. The van der Waals surface area contributed by atoms with Gasteiger partial charge >= 0.3 is 0 Å². The zero-order valence-electron chi connectivity index (χ0n) is 12.9. The van der Waals surface area contributed by atoms with Crippen molar-refractivity contribution in [2.45, 2.75) is 0 Å². The van der Waals surface area contributed by atoms with E-state index in [4.69, 9.17) is 0 Å². The molecule has 1 N–H and O–H groups in total. The summed E-state index contributed by atoms with van der Waals surface area (Å²) in [7, 11) is 0. The highest BCUT2D eigenvalue weighted by Crippen LogP contribution is 2.50.